The fraction of sp³-hybridized carbons (Fsp3) is 0.136. The zero-order chi connectivity index (χ0) is 21.8. The van der Waals surface area contributed by atoms with Crippen LogP contribution in [0.15, 0.2) is 65.9 Å². The lowest BCUT2D eigenvalue weighted by atomic mass is 10.0. The Labute approximate surface area is 175 Å². The summed E-state index contributed by atoms with van der Waals surface area (Å²) in [6.07, 6.45) is 0.459. The Bertz CT molecular complexity index is 1120. The van der Waals surface area contributed by atoms with E-state index < -0.39 is 29.5 Å². The lowest BCUT2D eigenvalue weighted by Crippen LogP contribution is -2.34. The third-order valence-corrected chi connectivity index (χ3v) is 4.50. The number of carbonyl (C=O) groups is 1. The number of pyridine rings is 1. The van der Waals surface area contributed by atoms with Crippen LogP contribution in [0, 0.1) is 17.5 Å². The molecule has 2 heterocycles. The van der Waals surface area contributed by atoms with Gasteiger partial charge in [-0.2, -0.15) is 0 Å². The molecular formula is C22H16F3N3O3. The number of hydrogen-bond acceptors (Lipinski definition) is 5. The summed E-state index contributed by atoms with van der Waals surface area (Å²) in [7, 11) is 0. The first kappa shape index (κ1) is 20.4. The summed E-state index contributed by atoms with van der Waals surface area (Å²) in [6, 6.07) is 12.4. The second-order valence-corrected chi connectivity index (χ2v) is 6.71. The van der Waals surface area contributed by atoms with Crippen molar-refractivity contribution in [3.8, 4) is 11.6 Å². The molecular weight excluding hydrogens is 411 g/mol. The highest BCUT2D eigenvalue weighted by Gasteiger charge is 2.31. The van der Waals surface area contributed by atoms with Crippen LogP contribution in [0.25, 0.3) is 0 Å². The number of aromatic nitrogens is 1. The molecule has 3 aromatic rings. The Morgan fingerprint density at radius 1 is 1.10 bits per heavy atom. The smallest absolute Gasteiger partial charge is 0.264 e. The van der Waals surface area contributed by atoms with Crippen LogP contribution in [0.3, 0.4) is 0 Å². The van der Waals surface area contributed by atoms with Gasteiger partial charge >= 0.3 is 0 Å². The maximum atomic E-state index is 13.9. The monoisotopic (exact) mass is 427 g/mol. The highest BCUT2D eigenvalue weighted by molar-refractivity contribution is 6.04. The number of amides is 1. The molecule has 158 valence electrons. The largest absolute Gasteiger partial charge is 0.439 e. The summed E-state index contributed by atoms with van der Waals surface area (Å²) in [4.78, 5) is 21.5. The van der Waals surface area contributed by atoms with E-state index in [1.807, 2.05) is 0 Å². The van der Waals surface area contributed by atoms with E-state index >= 15 is 0 Å². The molecule has 9 heteroatoms. The summed E-state index contributed by atoms with van der Waals surface area (Å²) in [5.41, 5.74) is 0.423. The predicted molar refractivity (Wildman–Crippen MR) is 105 cm³/mol. The maximum Gasteiger partial charge on any atom is 0.264 e. The molecule has 0 aliphatic carbocycles. The number of oxime groups is 1. The van der Waals surface area contributed by atoms with Gasteiger partial charge in [-0.25, -0.2) is 18.2 Å². The number of carbonyl (C=O) groups excluding carboxylic acids is 1. The first-order valence-electron chi connectivity index (χ1n) is 9.33. The third-order valence-electron chi connectivity index (χ3n) is 4.50. The molecule has 0 bridgehead atoms. The van der Waals surface area contributed by atoms with Gasteiger partial charge in [-0.1, -0.05) is 23.4 Å². The van der Waals surface area contributed by atoms with Crippen LogP contribution in [0.4, 0.5) is 13.2 Å². The molecule has 0 fully saturated rings. The summed E-state index contributed by atoms with van der Waals surface area (Å²) >= 11 is 0. The molecule has 0 saturated carbocycles. The van der Waals surface area contributed by atoms with E-state index in [0.717, 1.165) is 12.1 Å². The molecule has 1 aromatic heterocycles. The molecule has 6 nitrogen and oxygen atoms in total. The van der Waals surface area contributed by atoms with Crippen LogP contribution < -0.4 is 10.1 Å². The first-order valence-corrected chi connectivity index (χ1v) is 9.33. The van der Waals surface area contributed by atoms with Crippen molar-refractivity contribution in [2.24, 2.45) is 5.16 Å². The van der Waals surface area contributed by atoms with Crippen LogP contribution in [0.2, 0.25) is 0 Å². The minimum atomic E-state index is -0.988. The van der Waals surface area contributed by atoms with Crippen molar-refractivity contribution in [1.82, 2.24) is 10.3 Å². The molecule has 0 unspecified atom stereocenters. The SMILES string of the molecule is O=C(NCc1ccc(Oc2cccc(F)c2)nc1)[C@@H]1CC(c2c(F)cccc2F)=NO1. The van der Waals surface area contributed by atoms with Crippen molar-refractivity contribution in [3.05, 3.63) is 89.4 Å². The standard InChI is InChI=1S/C22H16F3N3O3/c23-14-3-1-4-15(9-14)30-20-8-7-13(11-26-20)12-27-22(29)19-10-18(28-31-19)21-16(24)5-2-6-17(21)25/h1-9,11,19H,10,12H2,(H,27,29)/t19-/m0/s1. The Kier molecular flexibility index (Phi) is 5.83. The minimum Gasteiger partial charge on any atom is -0.439 e. The summed E-state index contributed by atoms with van der Waals surface area (Å²) in [5, 5.41) is 6.33. The summed E-state index contributed by atoms with van der Waals surface area (Å²) in [5.74, 6) is -1.85. The second-order valence-electron chi connectivity index (χ2n) is 6.71. The first-order chi connectivity index (χ1) is 15.0. The van der Waals surface area contributed by atoms with Gasteiger partial charge in [0.1, 0.15) is 23.2 Å². The van der Waals surface area contributed by atoms with Crippen molar-refractivity contribution >= 4 is 11.6 Å². The van der Waals surface area contributed by atoms with Crippen molar-refractivity contribution in [1.29, 1.82) is 0 Å². The average molecular weight is 427 g/mol. The maximum absolute atomic E-state index is 13.9. The zero-order valence-electron chi connectivity index (χ0n) is 16.0. The van der Waals surface area contributed by atoms with Gasteiger partial charge in [-0.05, 0) is 29.8 Å². The van der Waals surface area contributed by atoms with E-state index in [2.05, 4.69) is 15.5 Å². The van der Waals surface area contributed by atoms with Crippen LogP contribution in [-0.2, 0) is 16.2 Å². The van der Waals surface area contributed by atoms with Gasteiger partial charge in [0, 0.05) is 31.3 Å². The predicted octanol–water partition coefficient (Wildman–Crippen LogP) is 4.10. The third kappa shape index (κ3) is 4.82. The molecule has 1 N–H and O–H groups in total. The van der Waals surface area contributed by atoms with Gasteiger partial charge in [0.15, 0.2) is 0 Å². The van der Waals surface area contributed by atoms with E-state index in [1.165, 1.54) is 30.5 Å². The molecule has 1 atom stereocenters. The average Bonchev–Trinajstić information content (AvgIpc) is 3.23. The fourth-order valence-corrected chi connectivity index (χ4v) is 2.97. The van der Waals surface area contributed by atoms with E-state index in [9.17, 15) is 18.0 Å². The Balaban J connectivity index is 1.30. The van der Waals surface area contributed by atoms with Gasteiger partial charge in [-0.3, -0.25) is 4.79 Å². The number of ether oxygens (including phenoxy) is 1. The zero-order valence-corrected chi connectivity index (χ0v) is 16.0. The van der Waals surface area contributed by atoms with Crippen LogP contribution in [-0.4, -0.2) is 22.7 Å². The van der Waals surface area contributed by atoms with Gasteiger partial charge in [0.05, 0.1) is 11.3 Å². The molecule has 0 spiro atoms. The van der Waals surface area contributed by atoms with E-state index in [0.29, 0.717) is 11.3 Å². The normalized spacial score (nSPS) is 15.2. The molecule has 0 radical (unpaired) electrons. The number of benzene rings is 2. The highest BCUT2D eigenvalue weighted by atomic mass is 19.1. The van der Waals surface area contributed by atoms with Gasteiger partial charge < -0.3 is 14.9 Å². The Morgan fingerprint density at radius 3 is 2.58 bits per heavy atom. The quantitative estimate of drug-likeness (QED) is 0.643. The Morgan fingerprint density at radius 2 is 1.87 bits per heavy atom. The van der Waals surface area contributed by atoms with Crippen LogP contribution in [0.5, 0.6) is 11.6 Å². The summed E-state index contributed by atoms with van der Waals surface area (Å²) < 4.78 is 46.4. The molecule has 1 aliphatic rings. The minimum absolute atomic E-state index is 0.0382. The van der Waals surface area contributed by atoms with Crippen molar-refractivity contribution in [2.45, 2.75) is 19.1 Å². The van der Waals surface area contributed by atoms with E-state index in [-0.39, 0.29) is 30.1 Å². The van der Waals surface area contributed by atoms with Crippen molar-refractivity contribution < 1.29 is 27.5 Å². The fourth-order valence-electron chi connectivity index (χ4n) is 2.97. The van der Waals surface area contributed by atoms with Gasteiger partial charge in [0.2, 0.25) is 12.0 Å². The lowest BCUT2D eigenvalue weighted by Gasteiger charge is -2.10. The van der Waals surface area contributed by atoms with Crippen molar-refractivity contribution in [2.75, 3.05) is 0 Å². The van der Waals surface area contributed by atoms with Gasteiger partial charge in [-0.15, -0.1) is 0 Å². The second kappa shape index (κ2) is 8.86. The number of nitrogens with one attached hydrogen (secondary N) is 1. The number of halogens is 3. The molecule has 4 rings (SSSR count). The van der Waals surface area contributed by atoms with E-state index in [1.54, 1.807) is 18.2 Å². The topological polar surface area (TPSA) is 72.8 Å². The molecule has 31 heavy (non-hydrogen) atoms. The number of rotatable bonds is 6. The number of hydrogen-bond donors (Lipinski definition) is 1. The molecule has 1 aliphatic heterocycles. The molecule has 2 aromatic carbocycles. The van der Waals surface area contributed by atoms with Gasteiger partial charge in [0.25, 0.3) is 5.91 Å². The molecule has 0 saturated heterocycles. The van der Waals surface area contributed by atoms with Crippen LogP contribution >= 0.6 is 0 Å². The van der Waals surface area contributed by atoms with E-state index in [4.69, 9.17) is 9.57 Å². The molecule has 1 amide bonds. The number of nitrogens with zero attached hydrogens (tertiary/aromatic N) is 2. The highest BCUT2D eigenvalue weighted by Crippen LogP contribution is 2.22. The van der Waals surface area contributed by atoms with Crippen molar-refractivity contribution in [3.63, 3.8) is 0 Å². The van der Waals surface area contributed by atoms with Crippen LogP contribution in [0.1, 0.15) is 17.5 Å². The summed E-state index contributed by atoms with van der Waals surface area (Å²) in [6.45, 7) is 0.148. The Hall–Kier alpha value is -3.88. The lowest BCUT2D eigenvalue weighted by molar-refractivity contribution is -0.131.